The molecule has 0 bridgehead atoms. The van der Waals surface area contributed by atoms with Gasteiger partial charge in [-0.15, -0.1) is 0 Å². The van der Waals surface area contributed by atoms with E-state index in [0.717, 1.165) is 34.5 Å². The van der Waals surface area contributed by atoms with Crippen LogP contribution in [0.4, 0.5) is 11.4 Å². The number of ether oxygens (including phenoxy) is 4. The molecule has 0 aliphatic carbocycles. The van der Waals surface area contributed by atoms with Gasteiger partial charge in [0.05, 0.1) is 52.3 Å². The highest BCUT2D eigenvalue weighted by atomic mass is 35.5. The molecule has 10 heteroatoms. The van der Waals surface area contributed by atoms with E-state index in [9.17, 15) is 9.59 Å². The van der Waals surface area contributed by atoms with Gasteiger partial charge in [0.2, 0.25) is 5.91 Å². The van der Waals surface area contributed by atoms with Crippen molar-refractivity contribution in [2.24, 2.45) is 0 Å². The van der Waals surface area contributed by atoms with Crippen LogP contribution in [-0.2, 0) is 23.7 Å². The Kier molecular flexibility index (Phi) is 13.0. The van der Waals surface area contributed by atoms with Crippen LogP contribution in [-0.4, -0.2) is 77.8 Å². The zero-order valence-electron chi connectivity index (χ0n) is 25.6. The third-order valence-corrected chi connectivity index (χ3v) is 7.64. The van der Waals surface area contributed by atoms with Crippen molar-refractivity contribution in [3.05, 3.63) is 82.9 Å². The summed E-state index contributed by atoms with van der Waals surface area (Å²) in [5.74, 6) is -0.140. The lowest BCUT2D eigenvalue weighted by Crippen LogP contribution is -2.43. The zero-order chi connectivity index (χ0) is 31.3. The molecule has 2 N–H and O–H groups in total. The van der Waals surface area contributed by atoms with Gasteiger partial charge in [0.1, 0.15) is 0 Å². The summed E-state index contributed by atoms with van der Waals surface area (Å²) in [5.41, 5.74) is 5.48. The number of fused-ring (bicyclic) bond motifs is 1. The van der Waals surface area contributed by atoms with Gasteiger partial charge < -0.3 is 34.5 Å². The molecule has 0 spiro atoms. The Morgan fingerprint density at radius 1 is 0.841 bits per heavy atom. The van der Waals surface area contributed by atoms with Crippen LogP contribution in [0.5, 0.6) is 0 Å². The lowest BCUT2D eigenvalue weighted by Gasteiger charge is -2.39. The van der Waals surface area contributed by atoms with E-state index in [1.54, 1.807) is 14.0 Å². The van der Waals surface area contributed by atoms with Crippen LogP contribution in [0.2, 0.25) is 5.02 Å². The summed E-state index contributed by atoms with van der Waals surface area (Å²) in [4.78, 5) is 27.1. The van der Waals surface area contributed by atoms with Crippen molar-refractivity contribution in [1.29, 1.82) is 0 Å². The van der Waals surface area contributed by atoms with Crippen LogP contribution in [0.1, 0.15) is 42.2 Å². The van der Waals surface area contributed by atoms with Crippen LogP contribution >= 0.6 is 11.6 Å². The van der Waals surface area contributed by atoms with Crippen molar-refractivity contribution in [1.82, 2.24) is 5.32 Å². The normalized spacial score (nSPS) is 16.0. The molecule has 44 heavy (non-hydrogen) atoms. The molecule has 3 aromatic carbocycles. The Morgan fingerprint density at radius 3 is 2.09 bits per heavy atom. The molecule has 1 heterocycles. The Labute approximate surface area is 264 Å². The quantitative estimate of drug-likeness (QED) is 0.197. The fourth-order valence-corrected chi connectivity index (χ4v) is 5.37. The maximum atomic E-state index is 12.7. The molecule has 2 amide bonds. The second-order valence-corrected chi connectivity index (χ2v) is 11.1. The van der Waals surface area contributed by atoms with E-state index < -0.39 is 0 Å². The molecule has 0 saturated heterocycles. The number of nitrogens with zero attached hydrogens (tertiary/aromatic N) is 1. The SMILES string of the molecule is COCCOCCOCCOCCNC(=O)c1ccc(-c2ccc3c(c2)[C@H](Nc2ccc(Cl)cc2)C[C@H](C)N3C(C)=O)cc1. The van der Waals surface area contributed by atoms with Gasteiger partial charge in [0, 0.05) is 48.6 Å². The summed E-state index contributed by atoms with van der Waals surface area (Å²) in [6.45, 7) is 7.53. The average molecular weight is 624 g/mol. The maximum absolute atomic E-state index is 12.7. The number of methoxy groups -OCH3 is 1. The van der Waals surface area contributed by atoms with Gasteiger partial charge in [-0.3, -0.25) is 9.59 Å². The topological polar surface area (TPSA) is 98.4 Å². The Morgan fingerprint density at radius 2 is 1.45 bits per heavy atom. The van der Waals surface area contributed by atoms with E-state index in [2.05, 4.69) is 23.6 Å². The minimum absolute atomic E-state index is 0.00987. The highest BCUT2D eigenvalue weighted by molar-refractivity contribution is 6.30. The van der Waals surface area contributed by atoms with Crippen LogP contribution < -0.4 is 15.5 Å². The van der Waals surface area contributed by atoms with Crippen LogP contribution in [0.3, 0.4) is 0 Å². The van der Waals surface area contributed by atoms with Crippen molar-refractivity contribution in [3.8, 4) is 11.1 Å². The number of rotatable bonds is 16. The largest absolute Gasteiger partial charge is 0.382 e. The summed E-state index contributed by atoms with van der Waals surface area (Å²) < 4.78 is 21.2. The molecule has 4 rings (SSSR count). The molecule has 0 saturated carbocycles. The van der Waals surface area contributed by atoms with Gasteiger partial charge in [-0.05, 0) is 78.6 Å². The van der Waals surface area contributed by atoms with Crippen molar-refractivity contribution in [3.63, 3.8) is 0 Å². The lowest BCUT2D eigenvalue weighted by atomic mass is 9.88. The van der Waals surface area contributed by atoms with Crippen molar-refractivity contribution in [2.75, 3.05) is 70.1 Å². The number of nitrogens with one attached hydrogen (secondary N) is 2. The van der Waals surface area contributed by atoms with Crippen molar-refractivity contribution < 1.29 is 28.5 Å². The summed E-state index contributed by atoms with van der Waals surface area (Å²) in [6, 6.07) is 21.4. The van der Waals surface area contributed by atoms with Gasteiger partial charge in [-0.25, -0.2) is 0 Å². The molecule has 3 aromatic rings. The lowest BCUT2D eigenvalue weighted by molar-refractivity contribution is -0.117. The summed E-state index contributed by atoms with van der Waals surface area (Å²) >= 11 is 6.09. The molecule has 2 atom stereocenters. The molecule has 1 aliphatic heterocycles. The van der Waals surface area contributed by atoms with Crippen molar-refractivity contribution >= 4 is 34.8 Å². The third-order valence-electron chi connectivity index (χ3n) is 7.39. The second kappa shape index (κ2) is 17.1. The molecular formula is C34H42ClN3O6. The molecule has 1 aliphatic rings. The number of anilines is 2. The molecule has 0 fully saturated rings. The molecule has 0 unspecified atom stereocenters. The van der Waals surface area contributed by atoms with Crippen molar-refractivity contribution in [2.45, 2.75) is 32.4 Å². The maximum Gasteiger partial charge on any atom is 0.251 e. The fourth-order valence-electron chi connectivity index (χ4n) is 5.24. The monoisotopic (exact) mass is 623 g/mol. The predicted molar refractivity (Wildman–Crippen MR) is 174 cm³/mol. The minimum Gasteiger partial charge on any atom is -0.382 e. The van der Waals surface area contributed by atoms with E-state index >= 15 is 0 Å². The second-order valence-electron chi connectivity index (χ2n) is 10.6. The number of hydrogen-bond acceptors (Lipinski definition) is 7. The average Bonchev–Trinajstić information content (AvgIpc) is 3.02. The van der Waals surface area contributed by atoms with Gasteiger partial charge in [-0.2, -0.15) is 0 Å². The smallest absolute Gasteiger partial charge is 0.251 e. The first kappa shape index (κ1) is 33.4. The molecular weight excluding hydrogens is 582 g/mol. The standard InChI is InChI=1S/C34H42ClN3O6/c1-24-22-32(37-30-11-9-29(35)10-12-30)31-23-28(8-13-33(31)38(24)25(2)39)26-4-6-27(7-5-26)34(40)36-14-15-42-18-19-44-21-20-43-17-16-41-3/h4-13,23-24,32,37H,14-22H2,1-3H3,(H,36,40)/t24-,32+/m0/s1. The number of benzene rings is 3. The van der Waals surface area contributed by atoms with E-state index in [1.165, 1.54) is 0 Å². The van der Waals surface area contributed by atoms with Gasteiger partial charge >= 0.3 is 0 Å². The van der Waals surface area contributed by atoms with E-state index in [0.29, 0.717) is 63.4 Å². The Hall–Kier alpha value is -3.47. The third kappa shape index (κ3) is 9.51. The first-order valence-corrected chi connectivity index (χ1v) is 15.3. The summed E-state index contributed by atoms with van der Waals surface area (Å²) in [5, 5.41) is 7.20. The molecule has 9 nitrogen and oxygen atoms in total. The minimum atomic E-state index is -0.159. The summed E-state index contributed by atoms with van der Waals surface area (Å²) in [7, 11) is 1.64. The van der Waals surface area contributed by atoms with Crippen LogP contribution in [0.15, 0.2) is 66.7 Å². The number of carbonyl (C=O) groups is 2. The van der Waals surface area contributed by atoms with E-state index in [4.69, 9.17) is 30.5 Å². The first-order valence-electron chi connectivity index (χ1n) is 14.9. The van der Waals surface area contributed by atoms with Crippen LogP contribution in [0.25, 0.3) is 11.1 Å². The number of carbonyl (C=O) groups excluding carboxylic acids is 2. The Balaban J connectivity index is 1.31. The predicted octanol–water partition coefficient (Wildman–Crippen LogP) is 5.73. The number of halogens is 1. The summed E-state index contributed by atoms with van der Waals surface area (Å²) in [6.07, 6.45) is 0.763. The zero-order valence-corrected chi connectivity index (χ0v) is 26.4. The molecule has 0 radical (unpaired) electrons. The van der Waals surface area contributed by atoms with E-state index in [1.807, 2.05) is 65.6 Å². The first-order chi connectivity index (χ1) is 21.4. The number of hydrogen-bond donors (Lipinski definition) is 2. The molecule has 236 valence electrons. The highest BCUT2D eigenvalue weighted by Gasteiger charge is 2.32. The van der Waals surface area contributed by atoms with Gasteiger partial charge in [-0.1, -0.05) is 29.8 Å². The fraction of sp³-hybridized carbons (Fsp3) is 0.412. The number of amides is 2. The Bertz CT molecular complexity index is 1350. The van der Waals surface area contributed by atoms with Gasteiger partial charge in [0.15, 0.2) is 0 Å². The van der Waals surface area contributed by atoms with Gasteiger partial charge in [0.25, 0.3) is 5.91 Å². The molecule has 0 aromatic heterocycles. The van der Waals surface area contributed by atoms with Crippen LogP contribution in [0, 0.1) is 0 Å². The highest BCUT2D eigenvalue weighted by Crippen LogP contribution is 2.41. The van der Waals surface area contributed by atoms with E-state index in [-0.39, 0.29) is 23.9 Å².